The van der Waals surface area contributed by atoms with Crippen LogP contribution in [0.25, 0.3) is 0 Å². The Bertz CT molecular complexity index is 1020. The second-order valence-electron chi connectivity index (χ2n) is 7.90. The van der Waals surface area contributed by atoms with E-state index < -0.39 is 0 Å². The molecule has 0 saturated carbocycles. The molecule has 30 heavy (non-hydrogen) atoms. The zero-order valence-corrected chi connectivity index (χ0v) is 18.2. The molecule has 2 amide bonds. The molecule has 1 atom stereocenters. The number of nitrogens with zero attached hydrogens (tertiary/aromatic N) is 2. The summed E-state index contributed by atoms with van der Waals surface area (Å²) in [7, 11) is 0. The van der Waals surface area contributed by atoms with Crippen LogP contribution >= 0.6 is 11.3 Å². The zero-order chi connectivity index (χ0) is 21.1. The molecule has 6 heteroatoms. The molecule has 2 aromatic heterocycles. The van der Waals surface area contributed by atoms with E-state index in [-0.39, 0.29) is 17.7 Å². The molecule has 1 fully saturated rings. The highest BCUT2D eigenvalue weighted by atomic mass is 32.1. The number of nitrogens with one attached hydrogen (secondary N) is 1. The van der Waals surface area contributed by atoms with E-state index in [0.717, 1.165) is 42.0 Å². The van der Waals surface area contributed by atoms with Gasteiger partial charge in [-0.25, -0.2) is 0 Å². The minimum absolute atomic E-state index is 0.0122. The van der Waals surface area contributed by atoms with Gasteiger partial charge in [-0.05, 0) is 56.3 Å². The number of anilines is 1. The van der Waals surface area contributed by atoms with Crippen LogP contribution in [0.2, 0.25) is 0 Å². The Morgan fingerprint density at radius 3 is 2.67 bits per heavy atom. The largest absolute Gasteiger partial charge is 0.343 e. The molecule has 1 saturated heterocycles. The average Bonchev–Trinajstić information content (AvgIpc) is 3.38. The lowest BCUT2D eigenvalue weighted by atomic mass is 9.96. The predicted molar refractivity (Wildman–Crippen MR) is 121 cm³/mol. The van der Waals surface area contributed by atoms with Crippen LogP contribution in [0, 0.1) is 19.8 Å². The minimum atomic E-state index is -0.183. The van der Waals surface area contributed by atoms with E-state index in [1.54, 1.807) is 11.3 Å². The number of rotatable bonds is 5. The van der Waals surface area contributed by atoms with Gasteiger partial charge in [0, 0.05) is 35.0 Å². The van der Waals surface area contributed by atoms with Crippen LogP contribution in [0.15, 0.2) is 53.9 Å². The number of thiophene rings is 1. The first-order valence-corrected chi connectivity index (χ1v) is 11.2. The maximum Gasteiger partial charge on any atom is 0.255 e. The Labute approximate surface area is 181 Å². The van der Waals surface area contributed by atoms with Crippen molar-refractivity contribution in [2.45, 2.75) is 33.2 Å². The Morgan fingerprint density at radius 1 is 1.13 bits per heavy atom. The van der Waals surface area contributed by atoms with Gasteiger partial charge in [-0.15, -0.1) is 11.3 Å². The van der Waals surface area contributed by atoms with Crippen LogP contribution in [0.1, 0.15) is 39.5 Å². The number of likely N-dealkylation sites (tertiary alicyclic amines) is 1. The first kappa shape index (κ1) is 20.4. The molecular weight excluding hydrogens is 394 g/mol. The number of benzene rings is 1. The molecule has 1 aromatic carbocycles. The molecule has 5 nitrogen and oxygen atoms in total. The second-order valence-corrected chi connectivity index (χ2v) is 8.93. The Hall–Kier alpha value is -2.86. The highest BCUT2D eigenvalue weighted by Gasteiger charge is 2.30. The van der Waals surface area contributed by atoms with E-state index in [4.69, 9.17) is 0 Å². The van der Waals surface area contributed by atoms with Gasteiger partial charge in [0.25, 0.3) is 5.91 Å². The molecule has 3 heterocycles. The van der Waals surface area contributed by atoms with Crippen molar-refractivity contribution in [3.8, 4) is 0 Å². The van der Waals surface area contributed by atoms with E-state index in [0.29, 0.717) is 13.1 Å². The SMILES string of the molecule is Cc1cc(C(=O)N2CCCC(C(=O)Nc3ccccc3)C2)c(C)n1Cc1cccs1. The van der Waals surface area contributed by atoms with Gasteiger partial charge >= 0.3 is 0 Å². The summed E-state index contributed by atoms with van der Waals surface area (Å²) in [5.41, 5.74) is 3.61. The Kier molecular flexibility index (Phi) is 6.04. The number of carbonyl (C=O) groups is 2. The fraction of sp³-hybridized carbons (Fsp3) is 0.333. The maximum absolute atomic E-state index is 13.3. The van der Waals surface area contributed by atoms with Crippen LogP contribution in [-0.2, 0) is 11.3 Å². The lowest BCUT2D eigenvalue weighted by Gasteiger charge is -2.32. The van der Waals surface area contributed by atoms with Crippen LogP contribution in [0.3, 0.4) is 0 Å². The van der Waals surface area contributed by atoms with Crippen LogP contribution in [0.5, 0.6) is 0 Å². The molecule has 1 N–H and O–H groups in total. The summed E-state index contributed by atoms with van der Waals surface area (Å²) >= 11 is 1.72. The van der Waals surface area contributed by atoms with Gasteiger partial charge in [0.05, 0.1) is 18.0 Å². The summed E-state index contributed by atoms with van der Waals surface area (Å²) in [6.07, 6.45) is 1.65. The molecule has 1 unspecified atom stereocenters. The average molecular weight is 422 g/mol. The van der Waals surface area contributed by atoms with E-state index in [1.807, 2.05) is 55.1 Å². The molecule has 0 bridgehead atoms. The van der Waals surface area contributed by atoms with E-state index in [9.17, 15) is 9.59 Å². The summed E-state index contributed by atoms with van der Waals surface area (Å²) < 4.78 is 2.20. The van der Waals surface area contributed by atoms with Gasteiger partial charge in [0.1, 0.15) is 0 Å². The monoisotopic (exact) mass is 421 g/mol. The fourth-order valence-electron chi connectivity index (χ4n) is 4.13. The number of aromatic nitrogens is 1. The summed E-state index contributed by atoms with van der Waals surface area (Å²) in [5.74, 6) is -0.169. The third-order valence-corrected chi connectivity index (χ3v) is 6.68. The van der Waals surface area contributed by atoms with Crippen molar-refractivity contribution in [1.82, 2.24) is 9.47 Å². The summed E-state index contributed by atoms with van der Waals surface area (Å²) in [4.78, 5) is 29.1. The molecular formula is C24H27N3O2S. The fourth-order valence-corrected chi connectivity index (χ4v) is 4.82. The topological polar surface area (TPSA) is 54.3 Å². The first-order valence-electron chi connectivity index (χ1n) is 10.4. The standard InChI is InChI=1S/C24H27N3O2S/c1-17-14-22(18(2)27(17)16-21-11-7-13-30-21)24(29)26-12-6-8-19(15-26)23(28)25-20-9-4-3-5-10-20/h3-5,7,9-11,13-14,19H,6,8,12,15-16H2,1-2H3,(H,25,28). The Balaban J connectivity index is 1.46. The van der Waals surface area contributed by atoms with E-state index in [2.05, 4.69) is 27.4 Å². The van der Waals surface area contributed by atoms with Crippen molar-refractivity contribution in [3.63, 3.8) is 0 Å². The smallest absolute Gasteiger partial charge is 0.255 e. The third-order valence-electron chi connectivity index (χ3n) is 5.82. The lowest BCUT2D eigenvalue weighted by Crippen LogP contribution is -2.43. The van der Waals surface area contributed by atoms with Gasteiger partial charge in [0.15, 0.2) is 0 Å². The Morgan fingerprint density at radius 2 is 1.93 bits per heavy atom. The number of para-hydroxylation sites is 1. The minimum Gasteiger partial charge on any atom is -0.343 e. The number of aryl methyl sites for hydroxylation is 1. The van der Waals surface area contributed by atoms with Crippen LogP contribution in [0.4, 0.5) is 5.69 Å². The second kappa shape index (κ2) is 8.88. The summed E-state index contributed by atoms with van der Waals surface area (Å²) in [6.45, 7) is 6.00. The molecule has 0 radical (unpaired) electrons. The van der Waals surface area contributed by atoms with Crippen LogP contribution < -0.4 is 5.32 Å². The third kappa shape index (κ3) is 4.33. The van der Waals surface area contributed by atoms with Crippen molar-refractivity contribution in [2.24, 2.45) is 5.92 Å². The van der Waals surface area contributed by atoms with Crippen molar-refractivity contribution in [1.29, 1.82) is 0 Å². The maximum atomic E-state index is 13.3. The zero-order valence-electron chi connectivity index (χ0n) is 17.4. The van der Waals surface area contributed by atoms with E-state index >= 15 is 0 Å². The number of piperidine rings is 1. The van der Waals surface area contributed by atoms with Gasteiger partial charge in [0.2, 0.25) is 5.91 Å². The summed E-state index contributed by atoms with van der Waals surface area (Å²) in [5, 5.41) is 5.05. The highest BCUT2D eigenvalue weighted by Crippen LogP contribution is 2.24. The molecule has 0 aliphatic carbocycles. The lowest BCUT2D eigenvalue weighted by molar-refractivity contribution is -0.121. The molecule has 3 aromatic rings. The van der Waals surface area contributed by atoms with Gasteiger partial charge in [-0.3, -0.25) is 9.59 Å². The molecule has 1 aliphatic heterocycles. The van der Waals surface area contributed by atoms with E-state index in [1.165, 1.54) is 4.88 Å². The quantitative estimate of drug-likeness (QED) is 0.649. The first-order chi connectivity index (χ1) is 14.5. The molecule has 0 spiro atoms. The predicted octanol–water partition coefficient (Wildman–Crippen LogP) is 4.71. The molecule has 156 valence electrons. The van der Waals surface area contributed by atoms with Gasteiger partial charge in [-0.1, -0.05) is 24.3 Å². The summed E-state index contributed by atoms with van der Waals surface area (Å²) in [6, 6.07) is 15.6. The van der Waals surface area contributed by atoms with Crippen molar-refractivity contribution < 1.29 is 9.59 Å². The van der Waals surface area contributed by atoms with Crippen molar-refractivity contribution >= 4 is 28.8 Å². The number of carbonyl (C=O) groups excluding carboxylic acids is 2. The van der Waals surface area contributed by atoms with Gasteiger partial charge in [-0.2, -0.15) is 0 Å². The van der Waals surface area contributed by atoms with Gasteiger partial charge < -0.3 is 14.8 Å². The number of hydrogen-bond acceptors (Lipinski definition) is 3. The molecule has 1 aliphatic rings. The highest BCUT2D eigenvalue weighted by molar-refractivity contribution is 7.09. The normalized spacial score (nSPS) is 16.5. The van der Waals surface area contributed by atoms with Crippen molar-refractivity contribution in [2.75, 3.05) is 18.4 Å². The van der Waals surface area contributed by atoms with Crippen LogP contribution in [-0.4, -0.2) is 34.4 Å². The number of hydrogen-bond donors (Lipinski definition) is 1. The molecule has 4 rings (SSSR count). The number of amides is 2. The van der Waals surface area contributed by atoms with Crippen molar-refractivity contribution in [3.05, 3.63) is 75.7 Å².